The molecule has 114 valence electrons. The smallest absolute Gasteiger partial charge is 0.244 e. The van der Waals surface area contributed by atoms with Crippen LogP contribution in [0.25, 0.3) is 0 Å². The second-order valence-electron chi connectivity index (χ2n) is 4.95. The number of nitrogens with zero attached hydrogens (tertiary/aromatic N) is 2. The molecule has 1 aromatic rings. The molecule has 0 radical (unpaired) electrons. The lowest BCUT2D eigenvalue weighted by Gasteiger charge is -2.15. The predicted octanol–water partition coefficient (Wildman–Crippen LogP) is 1.57. The van der Waals surface area contributed by atoms with Gasteiger partial charge in [-0.1, -0.05) is 11.6 Å². The molecule has 2 unspecified atom stereocenters. The van der Waals surface area contributed by atoms with Crippen LogP contribution in [0, 0.1) is 11.5 Å². The van der Waals surface area contributed by atoms with E-state index in [-0.39, 0.29) is 22.7 Å². The van der Waals surface area contributed by atoms with Crippen LogP contribution in [0.5, 0.6) is 5.75 Å². The minimum Gasteiger partial charge on any atom is -0.495 e. The Morgan fingerprint density at radius 1 is 1.52 bits per heavy atom. The molecular weight excluding hydrogens is 314 g/mol. The number of hydrogen-bond donors (Lipinski definition) is 1. The van der Waals surface area contributed by atoms with Gasteiger partial charge in [0.25, 0.3) is 0 Å². The van der Waals surface area contributed by atoms with Crippen molar-refractivity contribution in [1.82, 2.24) is 9.62 Å². The van der Waals surface area contributed by atoms with Crippen molar-refractivity contribution in [2.45, 2.75) is 30.3 Å². The standard InChI is InChI=1S/C13H16ClN3O3S/c1-9-5-11(7-17(9)8-15)16-21(18,19)13-6-10(14)3-4-12(13)20-2/h3-4,6,9,11,16H,5,7H2,1-2H3. The van der Waals surface area contributed by atoms with Gasteiger partial charge in [0.1, 0.15) is 10.6 Å². The van der Waals surface area contributed by atoms with Crippen molar-refractivity contribution in [3.8, 4) is 11.9 Å². The number of halogens is 1. The van der Waals surface area contributed by atoms with Gasteiger partial charge in [0, 0.05) is 23.7 Å². The molecule has 1 N–H and O–H groups in total. The fourth-order valence-electron chi connectivity index (χ4n) is 2.40. The van der Waals surface area contributed by atoms with E-state index in [9.17, 15) is 8.42 Å². The fraction of sp³-hybridized carbons (Fsp3) is 0.462. The lowest BCUT2D eigenvalue weighted by Crippen LogP contribution is -2.36. The first-order valence-electron chi connectivity index (χ1n) is 6.39. The highest BCUT2D eigenvalue weighted by atomic mass is 35.5. The molecule has 2 rings (SSSR count). The molecule has 1 heterocycles. The van der Waals surface area contributed by atoms with Gasteiger partial charge in [0.2, 0.25) is 10.0 Å². The Morgan fingerprint density at radius 3 is 2.81 bits per heavy atom. The van der Waals surface area contributed by atoms with Crippen molar-refractivity contribution in [3.05, 3.63) is 23.2 Å². The molecule has 0 bridgehead atoms. The molecule has 21 heavy (non-hydrogen) atoms. The van der Waals surface area contributed by atoms with Crippen LogP contribution in [0.4, 0.5) is 0 Å². The normalized spacial score (nSPS) is 22.1. The summed E-state index contributed by atoms with van der Waals surface area (Å²) in [6.45, 7) is 2.25. The number of methoxy groups -OCH3 is 1. The van der Waals surface area contributed by atoms with Crippen molar-refractivity contribution in [3.63, 3.8) is 0 Å². The monoisotopic (exact) mass is 329 g/mol. The maximum absolute atomic E-state index is 12.5. The largest absolute Gasteiger partial charge is 0.495 e. The molecule has 0 amide bonds. The third kappa shape index (κ3) is 3.40. The third-order valence-corrected chi connectivity index (χ3v) is 5.22. The summed E-state index contributed by atoms with van der Waals surface area (Å²) >= 11 is 5.87. The fourth-order valence-corrected chi connectivity index (χ4v) is 4.07. The van der Waals surface area contributed by atoms with E-state index in [0.29, 0.717) is 18.0 Å². The molecule has 0 aromatic heterocycles. The number of likely N-dealkylation sites (tertiary alicyclic amines) is 1. The van der Waals surface area contributed by atoms with Crippen molar-refractivity contribution in [2.24, 2.45) is 0 Å². The maximum atomic E-state index is 12.5. The maximum Gasteiger partial charge on any atom is 0.244 e. The Hall–Kier alpha value is -1.49. The first-order chi connectivity index (χ1) is 9.87. The average Bonchev–Trinajstić information content (AvgIpc) is 2.77. The second kappa shape index (κ2) is 6.10. The van der Waals surface area contributed by atoms with Crippen LogP contribution in [0.2, 0.25) is 5.02 Å². The Morgan fingerprint density at radius 2 is 2.24 bits per heavy atom. The second-order valence-corrected chi connectivity index (χ2v) is 7.07. The molecule has 1 aromatic carbocycles. The average molecular weight is 330 g/mol. The number of benzene rings is 1. The molecule has 1 fully saturated rings. The third-order valence-electron chi connectivity index (χ3n) is 3.44. The Labute approximate surface area is 129 Å². The molecule has 0 saturated carbocycles. The van der Waals surface area contributed by atoms with Crippen molar-refractivity contribution < 1.29 is 13.2 Å². The van der Waals surface area contributed by atoms with E-state index in [1.807, 2.05) is 6.92 Å². The Bertz CT molecular complexity index is 672. The minimum atomic E-state index is -3.76. The van der Waals surface area contributed by atoms with Gasteiger partial charge < -0.3 is 9.64 Å². The van der Waals surface area contributed by atoms with E-state index in [0.717, 1.165) is 0 Å². The first-order valence-corrected chi connectivity index (χ1v) is 8.25. The molecule has 1 aliphatic heterocycles. The first kappa shape index (κ1) is 15.9. The van der Waals surface area contributed by atoms with Crippen molar-refractivity contribution in [2.75, 3.05) is 13.7 Å². The van der Waals surface area contributed by atoms with Gasteiger partial charge in [-0.3, -0.25) is 0 Å². The van der Waals surface area contributed by atoms with E-state index in [1.165, 1.54) is 19.2 Å². The summed E-state index contributed by atoms with van der Waals surface area (Å²) in [6, 6.07) is 4.13. The van der Waals surface area contributed by atoms with Crippen LogP contribution >= 0.6 is 11.6 Å². The van der Waals surface area contributed by atoms with E-state index in [2.05, 4.69) is 10.9 Å². The van der Waals surface area contributed by atoms with Crippen LogP contribution in [0.1, 0.15) is 13.3 Å². The number of nitriles is 1. The number of hydrogen-bond acceptors (Lipinski definition) is 5. The van der Waals surface area contributed by atoms with Gasteiger partial charge >= 0.3 is 0 Å². The van der Waals surface area contributed by atoms with Crippen LogP contribution in [-0.4, -0.2) is 39.1 Å². The zero-order valence-electron chi connectivity index (χ0n) is 11.7. The molecule has 8 heteroatoms. The highest BCUT2D eigenvalue weighted by molar-refractivity contribution is 7.89. The van der Waals surface area contributed by atoms with Gasteiger partial charge in [-0.05, 0) is 31.5 Å². The number of ether oxygens (including phenoxy) is 1. The summed E-state index contributed by atoms with van der Waals surface area (Å²) in [6.07, 6.45) is 2.63. The van der Waals surface area contributed by atoms with Gasteiger partial charge in [-0.15, -0.1) is 0 Å². The summed E-state index contributed by atoms with van der Waals surface area (Å²) in [5.41, 5.74) is 0. The molecule has 2 atom stereocenters. The number of nitrogens with one attached hydrogen (secondary N) is 1. The topological polar surface area (TPSA) is 82.4 Å². The Balaban J connectivity index is 2.24. The molecule has 0 aliphatic carbocycles. The van der Waals surface area contributed by atoms with E-state index in [4.69, 9.17) is 21.6 Å². The summed E-state index contributed by atoms with van der Waals surface area (Å²) in [7, 11) is -2.36. The highest BCUT2D eigenvalue weighted by Gasteiger charge is 2.32. The van der Waals surface area contributed by atoms with E-state index < -0.39 is 10.0 Å². The summed E-state index contributed by atoms with van der Waals surface area (Å²) < 4.78 is 32.6. The molecule has 6 nitrogen and oxygen atoms in total. The zero-order chi connectivity index (χ0) is 15.6. The quantitative estimate of drug-likeness (QED) is 0.848. The Kier molecular flexibility index (Phi) is 4.61. The lowest BCUT2D eigenvalue weighted by molar-refractivity contribution is 0.386. The van der Waals surface area contributed by atoms with E-state index >= 15 is 0 Å². The summed E-state index contributed by atoms with van der Waals surface area (Å²) in [5.74, 6) is 0.232. The minimum absolute atomic E-state index is 0.000519. The van der Waals surface area contributed by atoms with Crippen molar-refractivity contribution >= 4 is 21.6 Å². The molecular formula is C13H16ClN3O3S. The van der Waals surface area contributed by atoms with Gasteiger partial charge in [-0.2, -0.15) is 5.26 Å². The SMILES string of the molecule is COc1ccc(Cl)cc1S(=O)(=O)NC1CC(C)N(C#N)C1. The van der Waals surface area contributed by atoms with Crippen LogP contribution < -0.4 is 9.46 Å². The van der Waals surface area contributed by atoms with E-state index in [1.54, 1.807) is 11.0 Å². The summed E-state index contributed by atoms with van der Waals surface area (Å²) in [4.78, 5) is 1.56. The van der Waals surface area contributed by atoms with Crippen LogP contribution in [0.3, 0.4) is 0 Å². The van der Waals surface area contributed by atoms with Gasteiger partial charge in [0.05, 0.1) is 7.11 Å². The molecule has 0 spiro atoms. The zero-order valence-corrected chi connectivity index (χ0v) is 13.3. The van der Waals surface area contributed by atoms with Crippen LogP contribution in [-0.2, 0) is 10.0 Å². The van der Waals surface area contributed by atoms with Crippen molar-refractivity contribution in [1.29, 1.82) is 5.26 Å². The van der Waals surface area contributed by atoms with Gasteiger partial charge in [-0.25, -0.2) is 13.1 Å². The van der Waals surface area contributed by atoms with Crippen LogP contribution in [0.15, 0.2) is 23.1 Å². The predicted molar refractivity (Wildman–Crippen MR) is 78.5 cm³/mol. The number of rotatable bonds is 4. The molecule has 1 aliphatic rings. The summed E-state index contributed by atoms with van der Waals surface area (Å²) in [5, 5.41) is 9.26. The number of sulfonamides is 1. The van der Waals surface area contributed by atoms with Gasteiger partial charge in [0.15, 0.2) is 6.19 Å². The molecule has 1 saturated heterocycles. The lowest BCUT2D eigenvalue weighted by atomic mass is 10.2. The highest BCUT2D eigenvalue weighted by Crippen LogP contribution is 2.28.